The number of rotatable bonds is 8. The Labute approximate surface area is 175 Å². The van der Waals surface area contributed by atoms with Gasteiger partial charge in [-0.25, -0.2) is 5.43 Å². The number of nitrogens with one attached hydrogen (secondary N) is 2. The first kappa shape index (κ1) is 20.8. The van der Waals surface area contributed by atoms with E-state index < -0.39 is 0 Å². The van der Waals surface area contributed by atoms with Crippen molar-refractivity contribution in [2.75, 3.05) is 11.9 Å². The second-order valence-electron chi connectivity index (χ2n) is 6.46. The molecular formula is C24H23N3O3. The van der Waals surface area contributed by atoms with Crippen molar-refractivity contribution in [1.29, 1.82) is 0 Å². The fraction of sp³-hybridized carbons (Fsp3) is 0.125. The molecule has 3 aromatic rings. The normalized spacial score (nSPS) is 10.6. The minimum absolute atomic E-state index is 0.149. The fourth-order valence-corrected chi connectivity index (χ4v) is 2.82. The standard InChI is InChI=1S/C24H23N3O3/c1-2-30-22-14-7-6-11-20(22)17-25-27-24(29)19-12-8-13-21(16-19)26-23(28)15-18-9-4-3-5-10-18/h3-14,16-17H,2,15H2,1H3,(H,26,28)(H,27,29)/b25-17-. The third-order valence-electron chi connectivity index (χ3n) is 4.20. The van der Waals surface area contributed by atoms with Crippen LogP contribution in [0.3, 0.4) is 0 Å². The number of para-hydroxylation sites is 1. The molecule has 0 aromatic heterocycles. The molecule has 0 saturated carbocycles. The number of anilines is 1. The Kier molecular flexibility index (Phi) is 7.33. The highest BCUT2D eigenvalue weighted by atomic mass is 16.5. The second kappa shape index (κ2) is 10.6. The van der Waals surface area contributed by atoms with Crippen molar-refractivity contribution in [3.8, 4) is 5.75 Å². The first-order valence-electron chi connectivity index (χ1n) is 9.65. The second-order valence-corrected chi connectivity index (χ2v) is 6.46. The zero-order valence-electron chi connectivity index (χ0n) is 16.7. The SMILES string of the molecule is CCOc1ccccc1/C=N\NC(=O)c1cccc(NC(=O)Cc2ccccc2)c1. The molecule has 0 bridgehead atoms. The number of benzene rings is 3. The molecule has 2 N–H and O–H groups in total. The summed E-state index contributed by atoms with van der Waals surface area (Å²) in [5, 5.41) is 6.83. The Morgan fingerprint density at radius 1 is 0.967 bits per heavy atom. The molecule has 6 nitrogen and oxygen atoms in total. The average molecular weight is 401 g/mol. The summed E-state index contributed by atoms with van der Waals surface area (Å²) in [5.41, 5.74) is 5.13. The van der Waals surface area contributed by atoms with E-state index in [1.807, 2.05) is 61.5 Å². The van der Waals surface area contributed by atoms with Crippen LogP contribution in [0.2, 0.25) is 0 Å². The highest BCUT2D eigenvalue weighted by Gasteiger charge is 2.08. The molecule has 6 heteroatoms. The smallest absolute Gasteiger partial charge is 0.271 e. The number of carbonyl (C=O) groups excluding carboxylic acids is 2. The van der Waals surface area contributed by atoms with Crippen LogP contribution in [-0.2, 0) is 11.2 Å². The van der Waals surface area contributed by atoms with Gasteiger partial charge in [-0.15, -0.1) is 0 Å². The maximum Gasteiger partial charge on any atom is 0.271 e. The number of hydrogen-bond acceptors (Lipinski definition) is 4. The zero-order chi connectivity index (χ0) is 21.2. The molecule has 0 aliphatic heterocycles. The quantitative estimate of drug-likeness (QED) is 0.442. The minimum Gasteiger partial charge on any atom is -0.493 e. The van der Waals surface area contributed by atoms with Crippen molar-refractivity contribution >= 4 is 23.7 Å². The lowest BCUT2D eigenvalue weighted by atomic mass is 10.1. The van der Waals surface area contributed by atoms with Gasteiger partial charge in [-0.1, -0.05) is 48.5 Å². The van der Waals surface area contributed by atoms with Crippen LogP contribution in [0.5, 0.6) is 5.75 Å². The van der Waals surface area contributed by atoms with Crippen molar-refractivity contribution in [2.24, 2.45) is 5.10 Å². The van der Waals surface area contributed by atoms with Crippen LogP contribution >= 0.6 is 0 Å². The Morgan fingerprint density at radius 2 is 1.73 bits per heavy atom. The minimum atomic E-state index is -0.376. The summed E-state index contributed by atoms with van der Waals surface area (Å²) in [6.07, 6.45) is 1.80. The third-order valence-corrected chi connectivity index (χ3v) is 4.20. The molecule has 3 aromatic carbocycles. The Hall–Kier alpha value is -3.93. The highest BCUT2D eigenvalue weighted by molar-refractivity contribution is 5.98. The lowest BCUT2D eigenvalue weighted by Crippen LogP contribution is -2.19. The number of nitrogens with zero attached hydrogens (tertiary/aromatic N) is 1. The topological polar surface area (TPSA) is 79.8 Å². The lowest BCUT2D eigenvalue weighted by Gasteiger charge is -2.08. The van der Waals surface area contributed by atoms with Crippen LogP contribution < -0.4 is 15.5 Å². The molecule has 0 spiro atoms. The van der Waals surface area contributed by atoms with E-state index in [-0.39, 0.29) is 18.2 Å². The molecule has 3 rings (SSSR count). The number of amides is 2. The molecule has 0 radical (unpaired) electrons. The highest BCUT2D eigenvalue weighted by Crippen LogP contribution is 2.15. The average Bonchev–Trinajstić information content (AvgIpc) is 2.76. The van der Waals surface area contributed by atoms with Crippen molar-refractivity contribution in [3.63, 3.8) is 0 Å². The monoisotopic (exact) mass is 401 g/mol. The summed E-state index contributed by atoms with van der Waals surface area (Å²) >= 11 is 0. The largest absolute Gasteiger partial charge is 0.493 e. The first-order chi connectivity index (χ1) is 14.7. The van der Waals surface area contributed by atoms with Gasteiger partial charge in [0.05, 0.1) is 19.2 Å². The third kappa shape index (κ3) is 6.04. The van der Waals surface area contributed by atoms with E-state index in [0.717, 1.165) is 11.1 Å². The van der Waals surface area contributed by atoms with Crippen molar-refractivity contribution in [1.82, 2.24) is 5.43 Å². The molecule has 152 valence electrons. The Bertz CT molecular complexity index is 1030. The van der Waals surface area contributed by atoms with Crippen LogP contribution in [-0.4, -0.2) is 24.6 Å². The van der Waals surface area contributed by atoms with E-state index in [1.54, 1.807) is 24.3 Å². The molecule has 0 heterocycles. The van der Waals surface area contributed by atoms with Gasteiger partial charge in [0, 0.05) is 16.8 Å². The van der Waals surface area contributed by atoms with E-state index in [9.17, 15) is 9.59 Å². The number of hydrogen-bond donors (Lipinski definition) is 2. The molecule has 0 saturated heterocycles. The van der Waals surface area contributed by atoms with E-state index >= 15 is 0 Å². The lowest BCUT2D eigenvalue weighted by molar-refractivity contribution is -0.115. The molecule has 30 heavy (non-hydrogen) atoms. The Morgan fingerprint density at radius 3 is 2.53 bits per heavy atom. The van der Waals surface area contributed by atoms with Crippen molar-refractivity contribution in [2.45, 2.75) is 13.3 Å². The number of carbonyl (C=O) groups is 2. The van der Waals surface area contributed by atoms with Gasteiger partial charge in [0.1, 0.15) is 5.75 Å². The van der Waals surface area contributed by atoms with Gasteiger partial charge in [-0.05, 0) is 42.8 Å². The summed E-state index contributed by atoms with van der Waals surface area (Å²) in [4.78, 5) is 24.6. The van der Waals surface area contributed by atoms with Crippen LogP contribution in [0, 0.1) is 0 Å². The predicted octanol–water partition coefficient (Wildman–Crippen LogP) is 4.03. The molecule has 0 atom stereocenters. The van der Waals surface area contributed by atoms with E-state index in [0.29, 0.717) is 23.6 Å². The van der Waals surface area contributed by atoms with E-state index in [1.165, 1.54) is 6.21 Å². The molecular weight excluding hydrogens is 378 g/mol. The molecule has 0 fully saturated rings. The summed E-state index contributed by atoms with van der Waals surface area (Å²) in [5.74, 6) is 0.171. The first-order valence-corrected chi connectivity index (χ1v) is 9.65. The molecule has 0 aliphatic carbocycles. The van der Waals surface area contributed by atoms with Crippen molar-refractivity contribution < 1.29 is 14.3 Å². The predicted molar refractivity (Wildman–Crippen MR) is 118 cm³/mol. The summed E-state index contributed by atoms with van der Waals surface area (Å²) < 4.78 is 5.53. The molecule has 2 amide bonds. The van der Waals surface area contributed by atoms with Gasteiger partial charge >= 0.3 is 0 Å². The Balaban J connectivity index is 1.60. The van der Waals surface area contributed by atoms with Crippen LogP contribution in [0.1, 0.15) is 28.4 Å². The summed E-state index contributed by atoms with van der Waals surface area (Å²) in [7, 11) is 0. The van der Waals surface area contributed by atoms with Gasteiger partial charge in [0.25, 0.3) is 5.91 Å². The van der Waals surface area contributed by atoms with Gasteiger partial charge in [-0.2, -0.15) is 5.10 Å². The van der Waals surface area contributed by atoms with E-state index in [4.69, 9.17) is 4.74 Å². The van der Waals surface area contributed by atoms with Gasteiger partial charge in [0.15, 0.2) is 0 Å². The van der Waals surface area contributed by atoms with Crippen LogP contribution in [0.4, 0.5) is 5.69 Å². The maximum absolute atomic E-state index is 12.4. The molecule has 0 aliphatic rings. The van der Waals surface area contributed by atoms with Crippen molar-refractivity contribution in [3.05, 3.63) is 95.6 Å². The van der Waals surface area contributed by atoms with E-state index in [2.05, 4.69) is 15.8 Å². The summed E-state index contributed by atoms with van der Waals surface area (Å²) in [6.45, 7) is 2.45. The van der Waals surface area contributed by atoms with Gasteiger partial charge in [0.2, 0.25) is 5.91 Å². The van der Waals surface area contributed by atoms with Crippen LogP contribution in [0.15, 0.2) is 84.0 Å². The number of hydrazone groups is 1. The molecule has 0 unspecified atom stereocenters. The number of ether oxygens (including phenoxy) is 1. The zero-order valence-corrected chi connectivity index (χ0v) is 16.7. The summed E-state index contributed by atoms with van der Waals surface area (Å²) in [6, 6.07) is 23.6. The fourth-order valence-electron chi connectivity index (χ4n) is 2.82. The van der Waals surface area contributed by atoms with Crippen LogP contribution in [0.25, 0.3) is 0 Å². The van der Waals surface area contributed by atoms with Gasteiger partial charge < -0.3 is 10.1 Å². The maximum atomic E-state index is 12.4. The van der Waals surface area contributed by atoms with Gasteiger partial charge in [-0.3, -0.25) is 9.59 Å².